The fraction of sp³-hybridized carbons (Fsp3) is 0.643. The number of hydrogen-bond acceptors (Lipinski definition) is 10. The maximum absolute atomic E-state index is 14.5. The lowest BCUT2D eigenvalue weighted by Crippen LogP contribution is -2.50. The van der Waals surface area contributed by atoms with E-state index >= 15 is 0 Å². The van der Waals surface area contributed by atoms with Gasteiger partial charge in [-0.25, -0.2) is 13.4 Å². The number of carbonyl (C=O) groups excluding carboxylic acids is 3. The van der Waals surface area contributed by atoms with Gasteiger partial charge < -0.3 is 15.4 Å². The molecule has 12 nitrogen and oxygen atoms in total. The van der Waals surface area contributed by atoms with Crippen LogP contribution in [0.2, 0.25) is 0 Å². The van der Waals surface area contributed by atoms with Gasteiger partial charge in [-0.3, -0.25) is 23.7 Å². The molecule has 0 unspecified atom stereocenters. The van der Waals surface area contributed by atoms with Crippen molar-refractivity contribution in [3.05, 3.63) is 41.4 Å². The molecule has 2 aliphatic heterocycles. The molecule has 5 atom stereocenters. The minimum absolute atomic E-state index is 0.00436. The van der Waals surface area contributed by atoms with E-state index in [0.29, 0.717) is 37.6 Å². The van der Waals surface area contributed by atoms with Gasteiger partial charge in [0, 0.05) is 35.7 Å². The summed E-state index contributed by atoms with van der Waals surface area (Å²) in [4.78, 5) is 54.1. The van der Waals surface area contributed by atoms with E-state index in [1.54, 1.807) is 23.2 Å². The van der Waals surface area contributed by atoms with Crippen LogP contribution in [0.3, 0.4) is 0 Å². The average molecular weight is 805 g/mol. The van der Waals surface area contributed by atoms with Gasteiger partial charge in [0.25, 0.3) is 6.01 Å². The number of nitrogens with one attached hydrogen (secondary N) is 1. The predicted octanol–water partition coefficient (Wildman–Crippen LogP) is 6.95. The number of aromatic nitrogens is 3. The van der Waals surface area contributed by atoms with E-state index in [2.05, 4.69) is 34.6 Å². The molecule has 4 fully saturated rings. The number of imidazole rings is 1. The smallest absolute Gasteiger partial charge is 0.297 e. The molecule has 5 aliphatic rings. The van der Waals surface area contributed by atoms with Crippen molar-refractivity contribution in [2.24, 2.45) is 17.1 Å². The van der Waals surface area contributed by atoms with Crippen LogP contribution in [0.25, 0.3) is 21.6 Å². The minimum atomic E-state index is -3.90. The molecule has 8 rings (SSSR count). The molecule has 3 N–H and O–H groups in total. The van der Waals surface area contributed by atoms with Crippen molar-refractivity contribution >= 4 is 50.0 Å². The zero-order valence-electron chi connectivity index (χ0n) is 32.9. The summed E-state index contributed by atoms with van der Waals surface area (Å²) in [7, 11) is -3.90. The van der Waals surface area contributed by atoms with Crippen LogP contribution in [0.1, 0.15) is 135 Å². The number of carbonyl (C=O) groups is 3. The molecule has 3 aromatic rings. The molecule has 1 aromatic carbocycles. The molecule has 4 heterocycles. The third-order valence-electron chi connectivity index (χ3n) is 13.1. The van der Waals surface area contributed by atoms with Crippen molar-refractivity contribution in [1.82, 2.24) is 24.2 Å². The van der Waals surface area contributed by atoms with Crippen LogP contribution in [0.4, 0.5) is 0 Å². The molecule has 3 aliphatic carbocycles. The number of thiazole rings is 1. The van der Waals surface area contributed by atoms with E-state index in [1.165, 1.54) is 32.1 Å². The number of hydrogen-bond donors (Lipinski definition) is 2. The molecule has 2 aromatic heterocycles. The zero-order chi connectivity index (χ0) is 39.4. The Balaban J connectivity index is 1.08. The Morgan fingerprint density at radius 2 is 1.80 bits per heavy atom. The largest absolute Gasteiger partial charge is 0.459 e. The molecule has 2 amide bonds. The molecular formula is C42H56N6O6S2. The number of ketones is 1. The lowest BCUT2D eigenvalue weighted by atomic mass is 9.87. The second-order valence-electron chi connectivity index (χ2n) is 17.6. The SMILES string of the molecule is CC(C)n1c(O[C@@H]2C[C@H]3C(=O)C[C@]4(C(=O)NS(=O)(=O)C5(C)CC5)C[C@H]4/C=C\CCCCC[C@H](N)C(=O)N3C2)nc2c(-c3nc(C4CCCCC4)cs3)cccc21. The molecule has 1 saturated heterocycles. The van der Waals surface area contributed by atoms with Crippen LogP contribution in [0, 0.1) is 11.3 Å². The van der Waals surface area contributed by atoms with Gasteiger partial charge in [-0.1, -0.05) is 50.3 Å². The Bertz CT molecular complexity index is 2130. The number of amides is 2. The van der Waals surface area contributed by atoms with Crippen LogP contribution in [0.15, 0.2) is 35.7 Å². The Labute approximate surface area is 334 Å². The minimum Gasteiger partial charge on any atom is -0.459 e. The van der Waals surface area contributed by atoms with Gasteiger partial charge in [0.15, 0.2) is 5.78 Å². The van der Waals surface area contributed by atoms with Gasteiger partial charge in [0.1, 0.15) is 16.6 Å². The first kappa shape index (κ1) is 39.2. The van der Waals surface area contributed by atoms with E-state index in [0.717, 1.165) is 53.0 Å². The van der Waals surface area contributed by atoms with E-state index in [9.17, 15) is 22.8 Å². The molecule has 302 valence electrons. The highest BCUT2D eigenvalue weighted by Gasteiger charge is 2.62. The summed E-state index contributed by atoms with van der Waals surface area (Å²) in [5, 5.41) is 3.12. The number of nitrogens with two attached hydrogens (primary N) is 1. The number of benzene rings is 1. The van der Waals surface area contributed by atoms with Gasteiger partial charge >= 0.3 is 0 Å². The Kier molecular flexibility index (Phi) is 10.7. The Morgan fingerprint density at radius 1 is 1.05 bits per heavy atom. The number of allylic oxidation sites excluding steroid dienone is 2. The molecule has 3 saturated carbocycles. The molecule has 0 radical (unpaired) electrons. The second kappa shape index (κ2) is 15.3. The van der Waals surface area contributed by atoms with Crippen LogP contribution in [0.5, 0.6) is 6.01 Å². The summed E-state index contributed by atoms with van der Waals surface area (Å²) < 4.78 is 36.5. The van der Waals surface area contributed by atoms with Gasteiger partial charge in [0.05, 0.1) is 40.0 Å². The van der Waals surface area contributed by atoms with Crippen molar-refractivity contribution < 1.29 is 27.5 Å². The Morgan fingerprint density at radius 3 is 2.55 bits per heavy atom. The van der Waals surface area contributed by atoms with Crippen molar-refractivity contribution in [2.45, 2.75) is 152 Å². The number of para-hydroxylation sites is 1. The number of sulfonamides is 1. The van der Waals surface area contributed by atoms with Crippen LogP contribution in [-0.4, -0.2) is 74.9 Å². The first-order chi connectivity index (χ1) is 26.8. The van der Waals surface area contributed by atoms with Gasteiger partial charge in [0.2, 0.25) is 21.8 Å². The molecule has 14 heteroatoms. The highest BCUT2D eigenvalue weighted by molar-refractivity contribution is 7.91. The fourth-order valence-corrected chi connectivity index (χ4v) is 11.4. The third kappa shape index (κ3) is 7.45. The highest BCUT2D eigenvalue weighted by Crippen LogP contribution is 2.57. The van der Waals surface area contributed by atoms with Crippen LogP contribution >= 0.6 is 11.3 Å². The van der Waals surface area contributed by atoms with E-state index in [1.807, 2.05) is 24.3 Å². The molecule has 56 heavy (non-hydrogen) atoms. The maximum atomic E-state index is 14.5. The lowest BCUT2D eigenvalue weighted by molar-refractivity contribution is -0.140. The van der Waals surface area contributed by atoms with Crippen molar-refractivity contribution in [2.75, 3.05) is 6.54 Å². The van der Waals surface area contributed by atoms with E-state index in [4.69, 9.17) is 20.4 Å². The lowest BCUT2D eigenvalue weighted by Gasteiger charge is -2.27. The van der Waals surface area contributed by atoms with Gasteiger partial charge in [-0.15, -0.1) is 11.3 Å². The number of nitrogens with zero attached hydrogens (tertiary/aromatic N) is 4. The fourth-order valence-electron chi connectivity index (χ4n) is 9.18. The van der Waals surface area contributed by atoms with E-state index < -0.39 is 44.3 Å². The summed E-state index contributed by atoms with van der Waals surface area (Å²) in [6.45, 7) is 5.93. The first-order valence-electron chi connectivity index (χ1n) is 20.8. The van der Waals surface area contributed by atoms with E-state index in [-0.39, 0.29) is 43.0 Å². The molecular weight excluding hydrogens is 749 g/mol. The summed E-state index contributed by atoms with van der Waals surface area (Å²) in [6, 6.07) is 4.86. The van der Waals surface area contributed by atoms with Crippen molar-refractivity contribution in [3.8, 4) is 16.6 Å². The molecule has 0 spiro atoms. The van der Waals surface area contributed by atoms with Gasteiger partial charge in [-0.2, -0.15) is 4.98 Å². The van der Waals surface area contributed by atoms with Crippen LogP contribution in [-0.2, 0) is 24.4 Å². The monoisotopic (exact) mass is 804 g/mol. The van der Waals surface area contributed by atoms with Crippen molar-refractivity contribution in [3.63, 3.8) is 0 Å². The molecule has 0 bridgehead atoms. The summed E-state index contributed by atoms with van der Waals surface area (Å²) in [6.07, 6.45) is 14.8. The number of Topliss-reactive ketones (excluding diaryl/α,β-unsaturated/α-hetero) is 1. The standard InChI is InChI=1S/C42H56N6O6S2/c1-26(2)48-33-18-12-16-30(37-44-32(25-55-37)27-13-8-7-9-14-27)36(33)45-40(48)54-29-21-34-35(49)23-42(39(51)46-56(52,53)41(3)19-20-41)22-28(42)15-10-5-4-6-11-17-31(43)38(50)47(34)24-29/h10,12,15-16,18,25-29,31,34H,4-9,11,13-14,17,19-24,43H2,1-3H3,(H,46,51)/b15-10-/t28-,29-,31+,34+,42-/m1/s1. The average Bonchev–Trinajstić information content (AvgIpc) is 3.84. The summed E-state index contributed by atoms with van der Waals surface area (Å²) >= 11 is 1.65. The highest BCUT2D eigenvalue weighted by atomic mass is 32.2. The Hall–Kier alpha value is -3.62. The topological polar surface area (TPSA) is 167 Å². The first-order valence-corrected chi connectivity index (χ1v) is 23.1. The predicted molar refractivity (Wildman–Crippen MR) is 217 cm³/mol. The van der Waals surface area contributed by atoms with Gasteiger partial charge in [-0.05, 0) is 90.2 Å². The number of fused-ring (bicyclic) bond motifs is 3. The zero-order valence-corrected chi connectivity index (χ0v) is 34.5. The number of rotatable bonds is 8. The van der Waals surface area contributed by atoms with Crippen molar-refractivity contribution in [1.29, 1.82) is 0 Å². The third-order valence-corrected chi connectivity index (χ3v) is 16.2. The quantitative estimate of drug-likeness (QED) is 0.229. The second-order valence-corrected chi connectivity index (χ2v) is 20.6. The maximum Gasteiger partial charge on any atom is 0.297 e. The normalized spacial score (nSPS) is 29.3. The summed E-state index contributed by atoms with van der Waals surface area (Å²) in [5.74, 6) is -1.000. The summed E-state index contributed by atoms with van der Waals surface area (Å²) in [5.41, 5.74) is 9.13. The number of ether oxygens (including phenoxy) is 1. The van der Waals surface area contributed by atoms with Crippen LogP contribution < -0.4 is 15.2 Å².